The van der Waals surface area contributed by atoms with Crippen molar-refractivity contribution in [2.45, 2.75) is 64.0 Å². The summed E-state index contributed by atoms with van der Waals surface area (Å²) in [7, 11) is 0. The molecule has 0 spiro atoms. The van der Waals surface area contributed by atoms with Crippen LogP contribution in [0.25, 0.3) is 0 Å². The normalized spacial score (nSPS) is 19.5. The third-order valence-electron chi connectivity index (χ3n) is 4.58. The predicted octanol–water partition coefficient (Wildman–Crippen LogP) is 2.77. The molecule has 2 N–H and O–H groups in total. The molecule has 0 aromatic heterocycles. The van der Waals surface area contributed by atoms with E-state index in [1.54, 1.807) is 13.8 Å². The first kappa shape index (κ1) is 18.0. The van der Waals surface area contributed by atoms with Crippen molar-refractivity contribution in [3.63, 3.8) is 0 Å². The molecule has 1 aliphatic rings. The number of benzene rings is 1. The Morgan fingerprint density at radius 1 is 1.22 bits per heavy atom. The number of hydrogen-bond acceptors (Lipinski definition) is 3. The maximum Gasteiger partial charge on any atom is 0.254 e. The summed E-state index contributed by atoms with van der Waals surface area (Å²) >= 11 is 0. The molecule has 1 atom stereocenters. The number of amides is 1. The van der Waals surface area contributed by atoms with E-state index in [-0.39, 0.29) is 18.6 Å². The second-order valence-corrected chi connectivity index (χ2v) is 7.19. The number of hydrogen-bond donors (Lipinski definition) is 2. The maximum atomic E-state index is 12.7. The largest absolute Gasteiger partial charge is 0.394 e. The molecule has 0 aliphatic carbocycles. The zero-order valence-corrected chi connectivity index (χ0v) is 14.3. The second-order valence-electron chi connectivity index (χ2n) is 7.19. The topological polar surface area (TPSA) is 60.8 Å². The van der Waals surface area contributed by atoms with Crippen LogP contribution >= 0.6 is 0 Å². The molecule has 1 amide bonds. The number of aliphatic hydroxyl groups excluding tert-OH is 1. The van der Waals surface area contributed by atoms with Gasteiger partial charge in [0.15, 0.2) is 0 Å². The minimum absolute atomic E-state index is 0.0139. The standard InChI is InChI=1S/C19H29NO3/c1-19(2,23)12-11-15-7-9-16(10-8-15)18(22)20-13-5-3-4-6-17(20)14-21/h7-10,17,21,23H,3-6,11-14H2,1-2H3. The zero-order chi connectivity index (χ0) is 16.9. The molecule has 1 fully saturated rings. The Balaban J connectivity index is 2.04. The molecule has 1 saturated heterocycles. The fourth-order valence-electron chi connectivity index (χ4n) is 3.06. The lowest BCUT2D eigenvalue weighted by atomic mass is 9.98. The molecule has 1 aromatic rings. The van der Waals surface area contributed by atoms with Gasteiger partial charge in [0.05, 0.1) is 18.2 Å². The van der Waals surface area contributed by atoms with Crippen LogP contribution in [0.2, 0.25) is 0 Å². The van der Waals surface area contributed by atoms with E-state index in [1.807, 2.05) is 29.2 Å². The summed E-state index contributed by atoms with van der Waals surface area (Å²) < 4.78 is 0. The SMILES string of the molecule is CC(C)(O)CCc1ccc(C(=O)N2CCCCCC2CO)cc1. The molecule has 0 saturated carbocycles. The number of aryl methyl sites for hydroxylation is 1. The Labute approximate surface area is 139 Å². The summed E-state index contributed by atoms with van der Waals surface area (Å²) in [5, 5.41) is 19.3. The minimum Gasteiger partial charge on any atom is -0.394 e. The molecule has 2 rings (SSSR count). The molecular weight excluding hydrogens is 290 g/mol. The highest BCUT2D eigenvalue weighted by Gasteiger charge is 2.25. The molecule has 1 unspecified atom stereocenters. The highest BCUT2D eigenvalue weighted by atomic mass is 16.3. The van der Waals surface area contributed by atoms with Crippen LogP contribution in [-0.4, -0.2) is 45.8 Å². The predicted molar refractivity (Wildman–Crippen MR) is 91.4 cm³/mol. The second kappa shape index (κ2) is 7.93. The van der Waals surface area contributed by atoms with Gasteiger partial charge < -0.3 is 15.1 Å². The van der Waals surface area contributed by atoms with Gasteiger partial charge in [-0.25, -0.2) is 0 Å². The van der Waals surface area contributed by atoms with Gasteiger partial charge in [0, 0.05) is 12.1 Å². The third-order valence-corrected chi connectivity index (χ3v) is 4.58. The average molecular weight is 319 g/mol. The van der Waals surface area contributed by atoms with E-state index in [0.29, 0.717) is 12.0 Å². The fourth-order valence-corrected chi connectivity index (χ4v) is 3.06. The molecule has 1 aliphatic heterocycles. The van der Waals surface area contributed by atoms with Crippen LogP contribution in [0.1, 0.15) is 61.9 Å². The quantitative estimate of drug-likeness (QED) is 0.877. The van der Waals surface area contributed by atoms with Gasteiger partial charge in [0.1, 0.15) is 0 Å². The first-order valence-corrected chi connectivity index (χ1v) is 8.64. The summed E-state index contributed by atoms with van der Waals surface area (Å²) in [4.78, 5) is 14.6. The summed E-state index contributed by atoms with van der Waals surface area (Å²) in [6.07, 6.45) is 5.57. The van der Waals surface area contributed by atoms with Crippen LogP contribution in [0.3, 0.4) is 0 Å². The van der Waals surface area contributed by atoms with Crippen molar-refractivity contribution in [3.8, 4) is 0 Å². The number of likely N-dealkylation sites (tertiary alicyclic amines) is 1. The van der Waals surface area contributed by atoms with E-state index in [9.17, 15) is 15.0 Å². The van der Waals surface area contributed by atoms with Crippen LogP contribution in [-0.2, 0) is 6.42 Å². The van der Waals surface area contributed by atoms with Gasteiger partial charge in [-0.3, -0.25) is 4.79 Å². The molecule has 128 valence electrons. The van der Waals surface area contributed by atoms with E-state index >= 15 is 0 Å². The summed E-state index contributed by atoms with van der Waals surface area (Å²) in [6.45, 7) is 4.37. The van der Waals surface area contributed by atoms with Gasteiger partial charge in [-0.1, -0.05) is 25.0 Å². The third kappa shape index (κ3) is 5.33. The zero-order valence-electron chi connectivity index (χ0n) is 14.3. The van der Waals surface area contributed by atoms with E-state index in [4.69, 9.17) is 0 Å². The lowest BCUT2D eigenvalue weighted by Gasteiger charge is -2.28. The highest BCUT2D eigenvalue weighted by molar-refractivity contribution is 5.94. The smallest absolute Gasteiger partial charge is 0.254 e. The summed E-state index contributed by atoms with van der Waals surface area (Å²) in [5.41, 5.74) is 1.13. The molecule has 0 radical (unpaired) electrons. The molecule has 1 aromatic carbocycles. The number of rotatable bonds is 5. The van der Waals surface area contributed by atoms with Crippen molar-refractivity contribution in [2.75, 3.05) is 13.2 Å². The van der Waals surface area contributed by atoms with Gasteiger partial charge in [0.2, 0.25) is 0 Å². The van der Waals surface area contributed by atoms with Crippen molar-refractivity contribution in [1.82, 2.24) is 4.90 Å². The Morgan fingerprint density at radius 2 is 1.91 bits per heavy atom. The Bertz CT molecular complexity index is 504. The monoisotopic (exact) mass is 319 g/mol. The van der Waals surface area contributed by atoms with Gasteiger partial charge in [0.25, 0.3) is 5.91 Å². The highest BCUT2D eigenvalue weighted by Crippen LogP contribution is 2.20. The number of nitrogens with zero attached hydrogens (tertiary/aromatic N) is 1. The molecule has 23 heavy (non-hydrogen) atoms. The van der Waals surface area contributed by atoms with E-state index in [1.165, 1.54) is 0 Å². The van der Waals surface area contributed by atoms with Crippen LogP contribution in [0.15, 0.2) is 24.3 Å². The van der Waals surface area contributed by atoms with Crippen molar-refractivity contribution < 1.29 is 15.0 Å². The van der Waals surface area contributed by atoms with E-state index in [2.05, 4.69) is 0 Å². The molecular formula is C19H29NO3. The molecule has 0 bridgehead atoms. The summed E-state index contributed by atoms with van der Waals surface area (Å²) in [6, 6.07) is 7.60. The maximum absolute atomic E-state index is 12.7. The number of aliphatic hydroxyl groups is 2. The average Bonchev–Trinajstić information content (AvgIpc) is 2.77. The van der Waals surface area contributed by atoms with E-state index < -0.39 is 5.60 Å². The lowest BCUT2D eigenvalue weighted by Crippen LogP contribution is -2.42. The van der Waals surface area contributed by atoms with Crippen LogP contribution in [0, 0.1) is 0 Å². The van der Waals surface area contributed by atoms with Crippen LogP contribution < -0.4 is 0 Å². The fraction of sp³-hybridized carbons (Fsp3) is 0.632. The van der Waals surface area contributed by atoms with Gasteiger partial charge >= 0.3 is 0 Å². The number of carbonyl (C=O) groups excluding carboxylic acids is 1. The van der Waals surface area contributed by atoms with Crippen LogP contribution in [0.4, 0.5) is 0 Å². The Hall–Kier alpha value is -1.39. The first-order chi connectivity index (χ1) is 10.9. The van der Waals surface area contributed by atoms with Gasteiger partial charge in [-0.05, 0) is 57.2 Å². The van der Waals surface area contributed by atoms with Crippen molar-refractivity contribution in [2.24, 2.45) is 0 Å². The van der Waals surface area contributed by atoms with E-state index in [0.717, 1.165) is 44.2 Å². The van der Waals surface area contributed by atoms with Crippen LogP contribution in [0.5, 0.6) is 0 Å². The minimum atomic E-state index is -0.672. The van der Waals surface area contributed by atoms with Gasteiger partial charge in [-0.2, -0.15) is 0 Å². The Kier molecular flexibility index (Phi) is 6.19. The first-order valence-electron chi connectivity index (χ1n) is 8.64. The molecule has 4 nitrogen and oxygen atoms in total. The lowest BCUT2D eigenvalue weighted by molar-refractivity contribution is 0.0599. The van der Waals surface area contributed by atoms with Crippen molar-refractivity contribution >= 4 is 5.91 Å². The summed E-state index contributed by atoms with van der Waals surface area (Å²) in [5.74, 6) is 0.0139. The van der Waals surface area contributed by atoms with Gasteiger partial charge in [-0.15, -0.1) is 0 Å². The molecule has 4 heteroatoms. The van der Waals surface area contributed by atoms with Crippen molar-refractivity contribution in [1.29, 1.82) is 0 Å². The Morgan fingerprint density at radius 3 is 2.52 bits per heavy atom. The number of carbonyl (C=O) groups is 1. The molecule has 1 heterocycles. The van der Waals surface area contributed by atoms with Crippen molar-refractivity contribution in [3.05, 3.63) is 35.4 Å².